The van der Waals surface area contributed by atoms with E-state index in [1.54, 1.807) is 22.3 Å². The number of hydrogen-bond donors (Lipinski definition) is 0. The fourth-order valence-corrected chi connectivity index (χ4v) is 6.35. The SMILES string of the molecule is CCCCCCN1C(=O)C2=C(c3ccc(C=O)s3)N(CCCCCC)C(=O)C2=C1c1cccs1. The first-order valence-electron chi connectivity index (χ1n) is 12.3. The Labute approximate surface area is 209 Å². The normalized spacial score (nSPS) is 15.8. The molecule has 5 nitrogen and oxygen atoms in total. The lowest BCUT2D eigenvalue weighted by atomic mass is 10.1. The molecular formula is C27H32N2O3S2. The van der Waals surface area contributed by atoms with E-state index in [1.807, 2.05) is 28.5 Å². The van der Waals surface area contributed by atoms with Gasteiger partial charge in [0, 0.05) is 13.1 Å². The summed E-state index contributed by atoms with van der Waals surface area (Å²) in [6.07, 6.45) is 9.23. The summed E-state index contributed by atoms with van der Waals surface area (Å²) in [7, 11) is 0. The first-order chi connectivity index (χ1) is 16.6. The van der Waals surface area contributed by atoms with Crippen LogP contribution in [0, 0.1) is 0 Å². The second-order valence-electron chi connectivity index (χ2n) is 8.78. The van der Waals surface area contributed by atoms with Crippen LogP contribution in [0.25, 0.3) is 11.4 Å². The fourth-order valence-electron chi connectivity index (χ4n) is 4.69. The average molecular weight is 497 g/mol. The van der Waals surface area contributed by atoms with Crippen LogP contribution in [0.3, 0.4) is 0 Å². The fraction of sp³-hybridized carbons (Fsp3) is 0.444. The van der Waals surface area contributed by atoms with Gasteiger partial charge in [0.2, 0.25) is 0 Å². The lowest BCUT2D eigenvalue weighted by molar-refractivity contribution is -0.124. The Kier molecular flexibility index (Phi) is 8.16. The Bertz CT molecular complexity index is 1110. The van der Waals surface area contributed by atoms with Crippen LogP contribution < -0.4 is 0 Å². The van der Waals surface area contributed by atoms with Gasteiger partial charge < -0.3 is 9.80 Å². The van der Waals surface area contributed by atoms with Crippen LogP contribution >= 0.6 is 22.7 Å². The Morgan fingerprint density at radius 3 is 1.82 bits per heavy atom. The van der Waals surface area contributed by atoms with Crippen LogP contribution in [0.2, 0.25) is 0 Å². The van der Waals surface area contributed by atoms with Crippen molar-refractivity contribution in [1.29, 1.82) is 0 Å². The summed E-state index contributed by atoms with van der Waals surface area (Å²) >= 11 is 2.91. The molecule has 2 amide bonds. The van der Waals surface area contributed by atoms with Crippen molar-refractivity contribution in [1.82, 2.24) is 9.80 Å². The molecular weight excluding hydrogens is 464 g/mol. The van der Waals surface area contributed by atoms with Crippen LogP contribution in [-0.4, -0.2) is 41.0 Å². The first-order valence-corrected chi connectivity index (χ1v) is 14.0. The van der Waals surface area contributed by atoms with Crippen molar-refractivity contribution in [3.63, 3.8) is 0 Å². The van der Waals surface area contributed by atoms with E-state index in [4.69, 9.17) is 0 Å². The largest absolute Gasteiger partial charge is 0.306 e. The lowest BCUT2D eigenvalue weighted by Gasteiger charge is -2.24. The summed E-state index contributed by atoms with van der Waals surface area (Å²) in [5.41, 5.74) is 2.50. The van der Waals surface area contributed by atoms with Crippen molar-refractivity contribution in [2.24, 2.45) is 0 Å². The molecule has 7 heteroatoms. The maximum Gasteiger partial charge on any atom is 0.261 e. The molecule has 0 fully saturated rings. The standard InChI is InChI=1S/C27H32N2O3S2/c1-3-5-7-9-15-28-24(20-12-11-17-33-20)22-23(27(28)32)25(21-14-13-19(18-30)34-21)29(26(22)31)16-10-8-6-4-2/h11-14,17-18H,3-10,15-16H2,1-2H3. The summed E-state index contributed by atoms with van der Waals surface area (Å²) in [6.45, 7) is 5.53. The number of hydrogen-bond acceptors (Lipinski definition) is 5. The highest BCUT2D eigenvalue weighted by Gasteiger charge is 2.49. The van der Waals surface area contributed by atoms with E-state index in [0.29, 0.717) is 34.8 Å². The molecule has 0 N–H and O–H groups in total. The lowest BCUT2D eigenvalue weighted by Crippen LogP contribution is -2.30. The maximum atomic E-state index is 13.9. The van der Waals surface area contributed by atoms with Gasteiger partial charge in [0.25, 0.3) is 11.8 Å². The molecule has 0 spiro atoms. The summed E-state index contributed by atoms with van der Waals surface area (Å²) in [4.78, 5) is 45.1. The number of rotatable bonds is 13. The van der Waals surface area contributed by atoms with Crippen LogP contribution in [0.15, 0.2) is 40.8 Å². The van der Waals surface area contributed by atoms with Crippen LogP contribution in [0.5, 0.6) is 0 Å². The molecule has 0 aromatic carbocycles. The maximum absolute atomic E-state index is 13.9. The molecule has 0 saturated heterocycles. The highest BCUT2D eigenvalue weighted by Crippen LogP contribution is 2.48. The summed E-state index contributed by atoms with van der Waals surface area (Å²) in [6, 6.07) is 7.60. The number of aldehydes is 1. The van der Waals surface area contributed by atoms with Crippen LogP contribution in [0.1, 0.15) is 84.6 Å². The minimum absolute atomic E-state index is 0.0876. The number of carbonyl (C=O) groups is 3. The minimum Gasteiger partial charge on any atom is -0.306 e. The number of carbonyl (C=O) groups excluding carboxylic acids is 3. The van der Waals surface area contributed by atoms with Crippen molar-refractivity contribution in [2.45, 2.75) is 65.2 Å². The van der Waals surface area contributed by atoms with E-state index in [9.17, 15) is 14.4 Å². The van der Waals surface area contributed by atoms with Gasteiger partial charge in [-0.05, 0) is 36.4 Å². The topological polar surface area (TPSA) is 57.7 Å². The average Bonchev–Trinajstić information content (AvgIpc) is 3.62. The quantitative estimate of drug-likeness (QED) is 0.232. The summed E-state index contributed by atoms with van der Waals surface area (Å²) in [5.74, 6) is -0.175. The molecule has 180 valence electrons. The van der Waals surface area contributed by atoms with Gasteiger partial charge in [0.1, 0.15) is 0 Å². The van der Waals surface area contributed by atoms with Crippen molar-refractivity contribution in [3.8, 4) is 0 Å². The highest BCUT2D eigenvalue weighted by atomic mass is 32.1. The number of amides is 2. The van der Waals surface area contributed by atoms with E-state index in [2.05, 4.69) is 13.8 Å². The van der Waals surface area contributed by atoms with E-state index >= 15 is 0 Å². The first kappa shape index (κ1) is 24.6. The predicted molar refractivity (Wildman–Crippen MR) is 140 cm³/mol. The molecule has 0 radical (unpaired) electrons. The number of thiophene rings is 2. The molecule has 0 bridgehead atoms. The van der Waals surface area contributed by atoms with Gasteiger partial charge in [-0.25, -0.2) is 0 Å². The van der Waals surface area contributed by atoms with E-state index in [-0.39, 0.29) is 11.8 Å². The van der Waals surface area contributed by atoms with Crippen molar-refractivity contribution < 1.29 is 14.4 Å². The van der Waals surface area contributed by atoms with E-state index in [1.165, 1.54) is 11.3 Å². The van der Waals surface area contributed by atoms with Gasteiger partial charge >= 0.3 is 0 Å². The van der Waals surface area contributed by atoms with Crippen molar-refractivity contribution >= 4 is 52.2 Å². The van der Waals surface area contributed by atoms with Crippen molar-refractivity contribution in [3.05, 3.63) is 55.4 Å². The van der Waals surface area contributed by atoms with Gasteiger partial charge in [0.15, 0.2) is 6.29 Å². The predicted octanol–water partition coefficient (Wildman–Crippen LogP) is 6.59. The number of unbranched alkanes of at least 4 members (excludes halogenated alkanes) is 6. The van der Waals surface area contributed by atoms with Gasteiger partial charge in [-0.15, -0.1) is 22.7 Å². The molecule has 34 heavy (non-hydrogen) atoms. The second-order valence-corrected chi connectivity index (χ2v) is 10.8. The summed E-state index contributed by atoms with van der Waals surface area (Å²) < 4.78 is 0. The molecule has 4 heterocycles. The van der Waals surface area contributed by atoms with Gasteiger partial charge in [0.05, 0.1) is 37.2 Å². The van der Waals surface area contributed by atoms with Crippen LogP contribution in [-0.2, 0) is 9.59 Å². The van der Waals surface area contributed by atoms with Gasteiger partial charge in [-0.3, -0.25) is 14.4 Å². The molecule has 0 aliphatic carbocycles. The Hall–Kier alpha value is -2.51. The Morgan fingerprint density at radius 2 is 1.35 bits per heavy atom. The molecule has 2 aromatic heterocycles. The minimum atomic E-state index is -0.0876. The zero-order valence-corrected chi connectivity index (χ0v) is 21.6. The third kappa shape index (κ3) is 4.68. The smallest absolute Gasteiger partial charge is 0.261 e. The number of nitrogens with zero attached hydrogens (tertiary/aromatic N) is 2. The highest BCUT2D eigenvalue weighted by molar-refractivity contribution is 7.14. The van der Waals surface area contributed by atoms with Crippen molar-refractivity contribution in [2.75, 3.05) is 13.1 Å². The molecule has 0 unspecified atom stereocenters. The third-order valence-electron chi connectivity index (χ3n) is 6.38. The van der Waals surface area contributed by atoms with Gasteiger partial charge in [-0.2, -0.15) is 0 Å². The summed E-state index contributed by atoms with van der Waals surface area (Å²) in [5, 5.41) is 1.99. The van der Waals surface area contributed by atoms with Gasteiger partial charge in [-0.1, -0.05) is 58.4 Å². The Balaban J connectivity index is 1.79. The Morgan fingerprint density at radius 1 is 0.765 bits per heavy atom. The van der Waals surface area contributed by atoms with Crippen LogP contribution in [0.4, 0.5) is 0 Å². The molecule has 2 aromatic rings. The third-order valence-corrected chi connectivity index (χ3v) is 8.28. The number of fused-ring (bicyclic) bond motifs is 1. The second kappa shape index (κ2) is 11.3. The van der Waals surface area contributed by atoms with E-state index in [0.717, 1.165) is 73.1 Å². The monoisotopic (exact) mass is 496 g/mol. The zero-order chi connectivity index (χ0) is 24.1. The molecule has 0 saturated carbocycles. The zero-order valence-electron chi connectivity index (χ0n) is 20.0. The molecule has 4 rings (SSSR count). The molecule has 2 aliphatic heterocycles. The molecule has 0 atom stereocenters. The molecule has 2 aliphatic rings. The van der Waals surface area contributed by atoms with E-state index < -0.39 is 0 Å².